The summed E-state index contributed by atoms with van der Waals surface area (Å²) in [4.78, 5) is 23.9. The summed E-state index contributed by atoms with van der Waals surface area (Å²) in [7, 11) is 1.54. The van der Waals surface area contributed by atoms with E-state index in [1.807, 2.05) is 18.2 Å². The SMILES string of the molecule is CNC(=O)COc1cccc(NC(=O)c2cccc(OCc3cccc(Cl)c3)c2)c1. The van der Waals surface area contributed by atoms with Crippen LogP contribution in [0.1, 0.15) is 15.9 Å². The number of carbonyl (C=O) groups is 2. The van der Waals surface area contributed by atoms with Crippen LogP contribution in [0, 0.1) is 0 Å². The van der Waals surface area contributed by atoms with E-state index in [1.54, 1.807) is 54.6 Å². The number of hydrogen-bond donors (Lipinski definition) is 2. The lowest BCUT2D eigenvalue weighted by Gasteiger charge is -2.10. The Morgan fingerprint density at radius 2 is 1.63 bits per heavy atom. The molecule has 0 fully saturated rings. The maximum Gasteiger partial charge on any atom is 0.257 e. The Labute approximate surface area is 179 Å². The van der Waals surface area contributed by atoms with E-state index in [-0.39, 0.29) is 18.4 Å². The summed E-state index contributed by atoms with van der Waals surface area (Å²) in [6.07, 6.45) is 0. The molecule has 3 rings (SSSR count). The van der Waals surface area contributed by atoms with Gasteiger partial charge in [-0.05, 0) is 48.0 Å². The van der Waals surface area contributed by atoms with Crippen LogP contribution < -0.4 is 20.1 Å². The quantitative estimate of drug-likeness (QED) is 0.565. The average Bonchev–Trinajstić information content (AvgIpc) is 2.76. The molecule has 0 radical (unpaired) electrons. The summed E-state index contributed by atoms with van der Waals surface area (Å²) < 4.78 is 11.2. The van der Waals surface area contributed by atoms with Crippen LogP contribution in [0.3, 0.4) is 0 Å². The predicted molar refractivity (Wildman–Crippen MR) is 116 cm³/mol. The largest absolute Gasteiger partial charge is 0.489 e. The summed E-state index contributed by atoms with van der Waals surface area (Å²) >= 11 is 5.99. The van der Waals surface area contributed by atoms with Crippen molar-refractivity contribution >= 4 is 29.1 Å². The molecule has 0 spiro atoms. The predicted octanol–water partition coefficient (Wildman–Crippen LogP) is 4.30. The summed E-state index contributed by atoms with van der Waals surface area (Å²) in [5, 5.41) is 5.94. The zero-order valence-corrected chi connectivity index (χ0v) is 17.1. The molecular formula is C23H21ClN2O4. The van der Waals surface area contributed by atoms with Crippen LogP contribution in [0.2, 0.25) is 5.02 Å². The van der Waals surface area contributed by atoms with E-state index in [4.69, 9.17) is 21.1 Å². The summed E-state index contributed by atoms with van der Waals surface area (Å²) in [6.45, 7) is 0.246. The first kappa shape index (κ1) is 21.2. The van der Waals surface area contributed by atoms with Gasteiger partial charge < -0.3 is 20.1 Å². The van der Waals surface area contributed by atoms with Crippen molar-refractivity contribution in [3.8, 4) is 11.5 Å². The number of amides is 2. The molecule has 0 aliphatic carbocycles. The van der Waals surface area contributed by atoms with E-state index in [1.165, 1.54) is 7.05 Å². The number of hydrogen-bond acceptors (Lipinski definition) is 4. The van der Waals surface area contributed by atoms with Gasteiger partial charge in [-0.15, -0.1) is 0 Å². The fourth-order valence-electron chi connectivity index (χ4n) is 2.61. The molecule has 2 N–H and O–H groups in total. The average molecular weight is 425 g/mol. The van der Waals surface area contributed by atoms with Crippen molar-refractivity contribution in [2.75, 3.05) is 19.0 Å². The van der Waals surface area contributed by atoms with Crippen molar-refractivity contribution in [2.45, 2.75) is 6.61 Å². The minimum absolute atomic E-state index is 0.0973. The van der Waals surface area contributed by atoms with E-state index in [9.17, 15) is 9.59 Å². The van der Waals surface area contributed by atoms with Crippen molar-refractivity contribution in [1.29, 1.82) is 0 Å². The minimum atomic E-state index is -0.286. The molecule has 0 heterocycles. The van der Waals surface area contributed by atoms with Gasteiger partial charge >= 0.3 is 0 Å². The minimum Gasteiger partial charge on any atom is -0.489 e. The lowest BCUT2D eigenvalue weighted by Crippen LogP contribution is -2.24. The Morgan fingerprint density at radius 1 is 0.900 bits per heavy atom. The van der Waals surface area contributed by atoms with Gasteiger partial charge in [0.2, 0.25) is 0 Å². The molecule has 6 nitrogen and oxygen atoms in total. The number of anilines is 1. The van der Waals surface area contributed by atoms with Crippen LogP contribution in [0.15, 0.2) is 72.8 Å². The van der Waals surface area contributed by atoms with E-state index >= 15 is 0 Å². The lowest BCUT2D eigenvalue weighted by molar-refractivity contribution is -0.122. The van der Waals surface area contributed by atoms with E-state index < -0.39 is 0 Å². The standard InChI is InChI=1S/C23H21ClN2O4/c1-25-22(27)15-30-21-10-4-8-19(13-21)26-23(28)17-6-3-9-20(12-17)29-14-16-5-2-7-18(24)11-16/h2-13H,14-15H2,1H3,(H,25,27)(H,26,28). The summed E-state index contributed by atoms with van der Waals surface area (Å²) in [5.41, 5.74) is 1.95. The molecule has 0 unspecified atom stereocenters. The van der Waals surface area contributed by atoms with Gasteiger partial charge in [-0.25, -0.2) is 0 Å². The second-order valence-electron chi connectivity index (χ2n) is 6.39. The monoisotopic (exact) mass is 424 g/mol. The van der Waals surface area contributed by atoms with Crippen LogP contribution in [0.25, 0.3) is 0 Å². The molecule has 0 saturated carbocycles. The van der Waals surface area contributed by atoms with Crippen molar-refractivity contribution in [1.82, 2.24) is 5.32 Å². The third-order valence-corrected chi connectivity index (χ3v) is 4.37. The number of halogens is 1. The Kier molecular flexibility index (Phi) is 7.29. The number of ether oxygens (including phenoxy) is 2. The zero-order valence-electron chi connectivity index (χ0n) is 16.4. The second-order valence-corrected chi connectivity index (χ2v) is 6.83. The zero-order chi connectivity index (χ0) is 21.3. The van der Waals surface area contributed by atoms with Gasteiger partial charge in [-0.1, -0.05) is 35.9 Å². The lowest BCUT2D eigenvalue weighted by atomic mass is 10.2. The molecule has 154 valence electrons. The molecule has 0 aromatic heterocycles. The van der Waals surface area contributed by atoms with Crippen LogP contribution >= 0.6 is 11.6 Å². The van der Waals surface area contributed by atoms with Crippen molar-refractivity contribution < 1.29 is 19.1 Å². The topological polar surface area (TPSA) is 76.7 Å². The number of carbonyl (C=O) groups excluding carboxylic acids is 2. The van der Waals surface area contributed by atoms with Crippen molar-refractivity contribution in [2.24, 2.45) is 0 Å². The molecule has 0 bridgehead atoms. The molecular weight excluding hydrogens is 404 g/mol. The van der Waals surface area contributed by atoms with E-state index in [2.05, 4.69) is 10.6 Å². The number of rotatable bonds is 8. The van der Waals surface area contributed by atoms with Crippen LogP contribution in [0.5, 0.6) is 11.5 Å². The first-order valence-corrected chi connectivity index (χ1v) is 9.63. The number of nitrogens with one attached hydrogen (secondary N) is 2. The van der Waals surface area contributed by atoms with Crippen LogP contribution in [-0.2, 0) is 11.4 Å². The van der Waals surface area contributed by atoms with Crippen LogP contribution in [0.4, 0.5) is 5.69 Å². The first-order valence-electron chi connectivity index (χ1n) is 9.25. The maximum atomic E-state index is 12.6. The van der Waals surface area contributed by atoms with Gasteiger partial charge in [-0.2, -0.15) is 0 Å². The summed E-state index contributed by atoms with van der Waals surface area (Å²) in [5.74, 6) is 0.533. The third kappa shape index (κ3) is 6.25. The second kappa shape index (κ2) is 10.3. The molecule has 0 saturated heterocycles. The highest BCUT2D eigenvalue weighted by Crippen LogP contribution is 2.20. The maximum absolute atomic E-state index is 12.6. The summed E-state index contributed by atoms with van der Waals surface area (Å²) in [6, 6.07) is 21.2. The van der Waals surface area contributed by atoms with Gasteiger partial charge in [0.05, 0.1) is 0 Å². The highest BCUT2D eigenvalue weighted by molar-refractivity contribution is 6.30. The van der Waals surface area contributed by atoms with Crippen molar-refractivity contribution in [3.63, 3.8) is 0 Å². The molecule has 0 aliphatic heterocycles. The fraction of sp³-hybridized carbons (Fsp3) is 0.130. The van der Waals surface area contributed by atoms with Gasteiger partial charge in [-0.3, -0.25) is 9.59 Å². The highest BCUT2D eigenvalue weighted by Gasteiger charge is 2.09. The Morgan fingerprint density at radius 3 is 2.40 bits per heavy atom. The molecule has 2 amide bonds. The molecule has 3 aromatic carbocycles. The molecule has 0 atom stereocenters. The van der Waals surface area contributed by atoms with E-state index in [0.717, 1.165) is 5.56 Å². The third-order valence-electron chi connectivity index (χ3n) is 4.13. The van der Waals surface area contributed by atoms with Gasteiger partial charge in [0.15, 0.2) is 6.61 Å². The first-order chi connectivity index (χ1) is 14.5. The normalized spacial score (nSPS) is 10.2. The number of likely N-dealkylation sites (N-methyl/N-ethyl adjacent to an activating group) is 1. The molecule has 3 aromatic rings. The molecule has 7 heteroatoms. The number of benzene rings is 3. The van der Waals surface area contributed by atoms with E-state index in [0.29, 0.717) is 34.4 Å². The van der Waals surface area contributed by atoms with Gasteiger partial charge in [0.1, 0.15) is 18.1 Å². The fourth-order valence-corrected chi connectivity index (χ4v) is 2.82. The molecule has 0 aliphatic rings. The van der Waals surface area contributed by atoms with Crippen molar-refractivity contribution in [3.05, 3.63) is 88.9 Å². The highest BCUT2D eigenvalue weighted by atomic mass is 35.5. The van der Waals surface area contributed by atoms with Gasteiger partial charge in [0, 0.05) is 29.4 Å². The van der Waals surface area contributed by atoms with Crippen LogP contribution in [-0.4, -0.2) is 25.5 Å². The Bertz CT molecular complexity index is 1040. The Balaban J connectivity index is 1.61. The molecule has 30 heavy (non-hydrogen) atoms. The Hall–Kier alpha value is -3.51. The van der Waals surface area contributed by atoms with Gasteiger partial charge in [0.25, 0.3) is 11.8 Å². The smallest absolute Gasteiger partial charge is 0.257 e.